The van der Waals surface area contributed by atoms with Gasteiger partial charge in [0.25, 0.3) is 0 Å². The van der Waals surface area contributed by atoms with Crippen molar-refractivity contribution in [1.29, 1.82) is 0 Å². The highest BCUT2D eigenvalue weighted by atomic mass is 19.4. The van der Waals surface area contributed by atoms with E-state index in [4.69, 9.17) is 10.2 Å². The Morgan fingerprint density at radius 3 is 2.81 bits per heavy atom. The SMILES string of the molecule is NCc1ccoc1CN1CCn2c(nnc2C(F)(F)F)C1. The summed E-state index contributed by atoms with van der Waals surface area (Å²) in [6, 6.07) is 1.80. The summed E-state index contributed by atoms with van der Waals surface area (Å²) in [5.74, 6) is 0.119. The molecule has 0 bridgehead atoms. The van der Waals surface area contributed by atoms with Crippen molar-refractivity contribution < 1.29 is 17.6 Å². The summed E-state index contributed by atoms with van der Waals surface area (Å²) in [5, 5.41) is 6.89. The predicted molar refractivity (Wildman–Crippen MR) is 65.7 cm³/mol. The van der Waals surface area contributed by atoms with Gasteiger partial charge < -0.3 is 14.7 Å². The van der Waals surface area contributed by atoms with Crippen LogP contribution in [-0.2, 0) is 32.4 Å². The quantitative estimate of drug-likeness (QED) is 0.927. The molecule has 6 nitrogen and oxygen atoms in total. The number of hydrogen-bond donors (Lipinski definition) is 1. The predicted octanol–water partition coefficient (Wildman–Crippen LogP) is 1.36. The van der Waals surface area contributed by atoms with Crippen LogP contribution in [0.5, 0.6) is 0 Å². The van der Waals surface area contributed by atoms with Gasteiger partial charge in [-0.15, -0.1) is 10.2 Å². The van der Waals surface area contributed by atoms with Gasteiger partial charge in [-0.2, -0.15) is 13.2 Å². The zero-order chi connectivity index (χ0) is 15.0. The number of hydrogen-bond acceptors (Lipinski definition) is 5. The van der Waals surface area contributed by atoms with Crippen molar-refractivity contribution >= 4 is 0 Å². The molecule has 0 aromatic carbocycles. The van der Waals surface area contributed by atoms with E-state index < -0.39 is 12.0 Å². The first-order valence-electron chi connectivity index (χ1n) is 6.46. The van der Waals surface area contributed by atoms with Crippen LogP contribution in [0.3, 0.4) is 0 Å². The van der Waals surface area contributed by atoms with Crippen molar-refractivity contribution in [2.45, 2.75) is 32.4 Å². The zero-order valence-corrected chi connectivity index (χ0v) is 11.1. The molecule has 2 aromatic heterocycles. The second-order valence-corrected chi connectivity index (χ2v) is 4.87. The minimum absolute atomic E-state index is 0.204. The molecular weight excluding hydrogens is 287 g/mol. The molecule has 2 N–H and O–H groups in total. The second kappa shape index (κ2) is 5.15. The lowest BCUT2D eigenvalue weighted by Gasteiger charge is -2.27. The van der Waals surface area contributed by atoms with Gasteiger partial charge in [0.1, 0.15) is 11.6 Å². The van der Waals surface area contributed by atoms with E-state index >= 15 is 0 Å². The zero-order valence-electron chi connectivity index (χ0n) is 11.1. The van der Waals surface area contributed by atoms with E-state index in [1.807, 2.05) is 4.90 Å². The highest BCUT2D eigenvalue weighted by Gasteiger charge is 2.39. The first kappa shape index (κ1) is 14.1. The summed E-state index contributed by atoms with van der Waals surface area (Å²) in [6.45, 7) is 1.84. The van der Waals surface area contributed by atoms with Crippen LogP contribution in [0.4, 0.5) is 13.2 Å². The Morgan fingerprint density at radius 1 is 1.29 bits per heavy atom. The molecule has 0 aliphatic carbocycles. The van der Waals surface area contributed by atoms with Crippen LogP contribution < -0.4 is 5.73 Å². The van der Waals surface area contributed by atoms with Crippen molar-refractivity contribution in [3.63, 3.8) is 0 Å². The van der Waals surface area contributed by atoms with Crippen LogP contribution in [0, 0.1) is 0 Å². The minimum Gasteiger partial charge on any atom is -0.468 e. The normalized spacial score (nSPS) is 16.2. The van der Waals surface area contributed by atoms with Crippen molar-refractivity contribution in [2.24, 2.45) is 5.73 Å². The Balaban J connectivity index is 1.75. The maximum absolute atomic E-state index is 12.7. The maximum atomic E-state index is 12.7. The first-order valence-corrected chi connectivity index (χ1v) is 6.46. The minimum atomic E-state index is -4.47. The first-order chi connectivity index (χ1) is 9.99. The average Bonchev–Trinajstić information content (AvgIpc) is 3.03. The van der Waals surface area contributed by atoms with E-state index in [-0.39, 0.29) is 6.54 Å². The number of nitrogens with two attached hydrogens (primary N) is 1. The molecule has 0 saturated heterocycles. The summed E-state index contributed by atoms with van der Waals surface area (Å²) < 4.78 is 44.7. The van der Waals surface area contributed by atoms with Gasteiger partial charge in [-0.1, -0.05) is 0 Å². The van der Waals surface area contributed by atoms with Gasteiger partial charge in [-0.05, 0) is 6.07 Å². The summed E-state index contributed by atoms with van der Waals surface area (Å²) in [4.78, 5) is 1.96. The fraction of sp³-hybridized carbons (Fsp3) is 0.500. The molecule has 0 spiro atoms. The lowest BCUT2D eigenvalue weighted by atomic mass is 10.2. The van der Waals surface area contributed by atoms with E-state index in [1.165, 1.54) is 0 Å². The van der Waals surface area contributed by atoms with E-state index in [0.29, 0.717) is 32.0 Å². The monoisotopic (exact) mass is 301 g/mol. The van der Waals surface area contributed by atoms with Crippen LogP contribution in [-0.4, -0.2) is 26.2 Å². The number of rotatable bonds is 3. The summed E-state index contributed by atoms with van der Waals surface area (Å²) in [6.07, 6.45) is -2.91. The molecule has 1 aliphatic rings. The number of aromatic nitrogens is 3. The van der Waals surface area contributed by atoms with Crippen molar-refractivity contribution in [2.75, 3.05) is 6.54 Å². The number of alkyl halides is 3. The average molecular weight is 301 g/mol. The van der Waals surface area contributed by atoms with Gasteiger partial charge >= 0.3 is 6.18 Å². The van der Waals surface area contributed by atoms with Gasteiger partial charge in [-0.3, -0.25) is 4.90 Å². The van der Waals surface area contributed by atoms with Crippen LogP contribution in [0.1, 0.15) is 23.0 Å². The Labute approximate surface area is 118 Å². The molecule has 2 aromatic rings. The summed E-state index contributed by atoms with van der Waals surface area (Å²) >= 11 is 0. The fourth-order valence-corrected chi connectivity index (χ4v) is 2.44. The molecule has 0 radical (unpaired) electrons. The van der Waals surface area contributed by atoms with E-state index in [0.717, 1.165) is 15.9 Å². The standard InChI is InChI=1S/C12H14F3N5O/c13-12(14,15)11-18-17-10-7-19(2-3-20(10)11)6-9-8(5-16)1-4-21-9/h1,4H,2-3,5-7,16H2. The van der Waals surface area contributed by atoms with Crippen LogP contribution >= 0.6 is 0 Å². The van der Waals surface area contributed by atoms with Gasteiger partial charge in [0.2, 0.25) is 5.82 Å². The molecule has 0 amide bonds. The van der Waals surface area contributed by atoms with E-state index in [2.05, 4.69) is 10.2 Å². The third-order valence-electron chi connectivity index (χ3n) is 3.51. The number of halogens is 3. The molecule has 114 valence electrons. The van der Waals surface area contributed by atoms with Gasteiger partial charge in [-0.25, -0.2) is 0 Å². The maximum Gasteiger partial charge on any atom is 0.451 e. The lowest BCUT2D eigenvalue weighted by Crippen LogP contribution is -2.35. The fourth-order valence-electron chi connectivity index (χ4n) is 2.44. The molecule has 0 saturated carbocycles. The summed E-state index contributed by atoms with van der Waals surface area (Å²) in [7, 11) is 0. The third kappa shape index (κ3) is 2.66. The Kier molecular flexibility index (Phi) is 3.46. The van der Waals surface area contributed by atoms with Crippen molar-refractivity contribution in [3.8, 4) is 0 Å². The number of nitrogens with zero attached hydrogens (tertiary/aromatic N) is 4. The molecule has 21 heavy (non-hydrogen) atoms. The Hall–Kier alpha value is -1.87. The largest absolute Gasteiger partial charge is 0.468 e. The molecule has 0 unspecified atom stereocenters. The highest BCUT2D eigenvalue weighted by Crippen LogP contribution is 2.29. The smallest absolute Gasteiger partial charge is 0.451 e. The van der Waals surface area contributed by atoms with Crippen LogP contribution in [0.2, 0.25) is 0 Å². The molecule has 0 atom stereocenters. The topological polar surface area (TPSA) is 73.1 Å². The van der Waals surface area contributed by atoms with Gasteiger partial charge in [0.05, 0.1) is 19.4 Å². The van der Waals surface area contributed by atoms with Crippen molar-refractivity contribution in [3.05, 3.63) is 35.3 Å². The molecule has 9 heteroatoms. The molecule has 3 heterocycles. The Morgan fingerprint density at radius 2 is 2.10 bits per heavy atom. The van der Waals surface area contributed by atoms with Crippen LogP contribution in [0.15, 0.2) is 16.7 Å². The van der Waals surface area contributed by atoms with E-state index in [9.17, 15) is 13.2 Å². The van der Waals surface area contributed by atoms with E-state index in [1.54, 1.807) is 12.3 Å². The third-order valence-corrected chi connectivity index (χ3v) is 3.51. The molecular formula is C12H14F3N5O. The Bertz CT molecular complexity index is 633. The van der Waals surface area contributed by atoms with Gasteiger partial charge in [0, 0.05) is 25.2 Å². The second-order valence-electron chi connectivity index (χ2n) is 4.87. The van der Waals surface area contributed by atoms with Gasteiger partial charge in [0.15, 0.2) is 0 Å². The molecule has 1 aliphatic heterocycles. The molecule has 0 fully saturated rings. The van der Waals surface area contributed by atoms with Crippen LogP contribution in [0.25, 0.3) is 0 Å². The number of furan rings is 1. The van der Waals surface area contributed by atoms with Crippen molar-refractivity contribution in [1.82, 2.24) is 19.7 Å². The highest BCUT2D eigenvalue weighted by molar-refractivity contribution is 5.16. The number of fused-ring (bicyclic) bond motifs is 1. The summed E-state index contributed by atoms with van der Waals surface area (Å²) in [5.41, 5.74) is 6.50. The lowest BCUT2D eigenvalue weighted by molar-refractivity contribution is -0.148. The molecule has 3 rings (SSSR count).